The molecule has 1 aromatic heterocycles. The van der Waals surface area contributed by atoms with Crippen molar-refractivity contribution in [2.45, 2.75) is 57.9 Å². The van der Waals surface area contributed by atoms with Crippen LogP contribution in [0, 0.1) is 11.8 Å². The van der Waals surface area contributed by atoms with Crippen LogP contribution in [0.1, 0.15) is 51.1 Å². The van der Waals surface area contributed by atoms with Crippen molar-refractivity contribution in [3.05, 3.63) is 17.8 Å². The van der Waals surface area contributed by atoms with E-state index in [4.69, 9.17) is 4.94 Å². The van der Waals surface area contributed by atoms with E-state index in [9.17, 15) is 0 Å². The molecule has 0 spiro atoms. The van der Waals surface area contributed by atoms with Crippen molar-refractivity contribution in [2.24, 2.45) is 11.8 Å². The molecule has 2 aliphatic carbocycles. The number of aromatic nitrogens is 1. The number of aryl methyl sites for hydroxylation is 1. The zero-order valence-corrected chi connectivity index (χ0v) is 15.6. The summed E-state index contributed by atoms with van der Waals surface area (Å²) < 4.78 is 1.11. The SMILES string of the molecule is CCCc1ccc([N+](C)(C)O[N+](C)(C)C2C[C@@H]3CCC[C@@H]2C3)[nH]1. The van der Waals surface area contributed by atoms with Gasteiger partial charge in [0.2, 0.25) is 5.82 Å². The predicted molar refractivity (Wildman–Crippen MR) is 95.5 cm³/mol. The zero-order chi connectivity index (χ0) is 16.7. The number of H-pyrrole nitrogens is 1. The molecule has 0 amide bonds. The monoisotopic (exact) mass is 321 g/mol. The van der Waals surface area contributed by atoms with Gasteiger partial charge in [-0.1, -0.05) is 30.8 Å². The number of nitrogens with zero attached hydrogens (tertiary/aromatic N) is 2. The second-order valence-corrected chi connectivity index (χ2v) is 8.58. The Morgan fingerprint density at radius 2 is 1.91 bits per heavy atom. The normalized spacial score (nSPS) is 28.3. The Bertz CT molecular complexity index is 534. The van der Waals surface area contributed by atoms with Crippen molar-refractivity contribution in [3.8, 4) is 0 Å². The van der Waals surface area contributed by atoms with E-state index in [1.165, 1.54) is 44.2 Å². The molecule has 0 radical (unpaired) electrons. The molecule has 1 N–H and O–H groups in total. The Balaban J connectivity index is 1.72. The van der Waals surface area contributed by atoms with Gasteiger partial charge in [-0.05, 0) is 36.2 Å². The van der Waals surface area contributed by atoms with Crippen LogP contribution in [0.25, 0.3) is 0 Å². The highest BCUT2D eigenvalue weighted by Gasteiger charge is 2.50. The third kappa shape index (κ3) is 3.49. The maximum absolute atomic E-state index is 6.64. The van der Waals surface area contributed by atoms with E-state index >= 15 is 0 Å². The summed E-state index contributed by atoms with van der Waals surface area (Å²) in [5.41, 5.74) is 1.30. The first-order valence-corrected chi connectivity index (χ1v) is 9.39. The van der Waals surface area contributed by atoms with Crippen molar-refractivity contribution in [1.29, 1.82) is 0 Å². The zero-order valence-electron chi connectivity index (χ0n) is 15.6. The number of quaternary nitrogens is 2. The van der Waals surface area contributed by atoms with Crippen LogP contribution in [-0.4, -0.2) is 43.9 Å². The van der Waals surface area contributed by atoms with E-state index in [1.54, 1.807) is 0 Å². The summed E-state index contributed by atoms with van der Waals surface area (Å²) in [5, 5.41) is 0. The Morgan fingerprint density at radius 3 is 2.61 bits per heavy atom. The minimum absolute atomic E-state index is 0.449. The third-order valence-electron chi connectivity index (χ3n) is 5.99. The van der Waals surface area contributed by atoms with Crippen LogP contribution >= 0.6 is 0 Å². The van der Waals surface area contributed by atoms with Crippen molar-refractivity contribution < 1.29 is 9.58 Å². The molecule has 0 aromatic carbocycles. The Kier molecular flexibility index (Phi) is 4.60. The van der Waals surface area contributed by atoms with Gasteiger partial charge in [0.1, 0.15) is 34.2 Å². The molecule has 1 heterocycles. The van der Waals surface area contributed by atoms with Crippen LogP contribution in [0.3, 0.4) is 0 Å². The van der Waals surface area contributed by atoms with E-state index in [1.807, 2.05) is 0 Å². The molecule has 2 saturated carbocycles. The number of nitrogens with one attached hydrogen (secondary N) is 1. The Morgan fingerprint density at radius 1 is 1.13 bits per heavy atom. The van der Waals surface area contributed by atoms with Crippen LogP contribution in [0.2, 0.25) is 0 Å². The first-order valence-electron chi connectivity index (χ1n) is 9.39. The first kappa shape index (κ1) is 17.0. The summed E-state index contributed by atoms with van der Waals surface area (Å²) in [7, 11) is 8.79. The van der Waals surface area contributed by atoms with Gasteiger partial charge in [0, 0.05) is 24.1 Å². The summed E-state index contributed by atoms with van der Waals surface area (Å²) in [6.45, 7) is 2.22. The van der Waals surface area contributed by atoms with Crippen LogP contribution < -0.4 is 4.65 Å². The fourth-order valence-corrected chi connectivity index (χ4v) is 4.98. The van der Waals surface area contributed by atoms with Crippen molar-refractivity contribution in [1.82, 2.24) is 9.63 Å². The molecule has 3 rings (SSSR count). The molecule has 1 aromatic rings. The van der Waals surface area contributed by atoms with Gasteiger partial charge >= 0.3 is 0 Å². The maximum atomic E-state index is 6.64. The topological polar surface area (TPSA) is 25.0 Å². The second-order valence-electron chi connectivity index (χ2n) is 8.58. The average molecular weight is 322 g/mol. The fourth-order valence-electron chi connectivity index (χ4n) is 4.98. The molecule has 130 valence electrons. The van der Waals surface area contributed by atoms with E-state index in [0.717, 1.165) is 24.1 Å². The van der Waals surface area contributed by atoms with E-state index < -0.39 is 0 Å². The van der Waals surface area contributed by atoms with Crippen molar-refractivity contribution >= 4 is 5.82 Å². The van der Waals surface area contributed by atoms with E-state index in [2.05, 4.69) is 52.2 Å². The lowest BCUT2D eigenvalue weighted by Gasteiger charge is -2.38. The van der Waals surface area contributed by atoms with Gasteiger partial charge in [0.15, 0.2) is 0 Å². The van der Waals surface area contributed by atoms with Gasteiger partial charge in [-0.25, -0.2) is 0 Å². The molecule has 4 heteroatoms. The van der Waals surface area contributed by atoms with Gasteiger partial charge < -0.3 is 4.98 Å². The molecule has 2 fully saturated rings. The van der Waals surface area contributed by atoms with Gasteiger partial charge in [0.05, 0.1) is 0 Å². The number of hydrogen-bond donors (Lipinski definition) is 1. The lowest BCUT2D eigenvalue weighted by Crippen LogP contribution is -2.59. The minimum Gasteiger partial charge on any atom is -0.312 e. The quantitative estimate of drug-likeness (QED) is 0.621. The number of hydroxylamine groups is 5. The molecule has 4 nitrogen and oxygen atoms in total. The fraction of sp³-hybridized carbons (Fsp3) is 0.789. The van der Waals surface area contributed by atoms with Gasteiger partial charge in [0.25, 0.3) is 0 Å². The third-order valence-corrected chi connectivity index (χ3v) is 5.99. The molecule has 2 aliphatic rings. The summed E-state index contributed by atoms with van der Waals surface area (Å²) in [6.07, 6.45) is 9.27. The molecular formula is C19H35N3O+2. The standard InChI is InChI=1S/C19H35N3O/c1-6-8-17-11-12-19(20-17)22(4,5)23-21(2,3)18-14-15-9-7-10-16(18)13-15/h11-12,15-16,18,20H,6-10,13-14H2,1-5H3/q+2/t15-,16-,18?/m1/s1. The van der Waals surface area contributed by atoms with Crippen LogP contribution in [0.4, 0.5) is 5.82 Å². The van der Waals surface area contributed by atoms with Gasteiger partial charge in [-0.15, -0.1) is 4.65 Å². The van der Waals surface area contributed by atoms with Gasteiger partial charge in [-0.2, -0.15) is 0 Å². The molecule has 23 heavy (non-hydrogen) atoms. The average Bonchev–Trinajstić information content (AvgIpc) is 3.04. The highest BCUT2D eigenvalue weighted by Crippen LogP contribution is 2.46. The largest absolute Gasteiger partial charge is 0.312 e. The number of aromatic amines is 1. The highest BCUT2D eigenvalue weighted by atomic mass is 16.9. The number of rotatable bonds is 6. The van der Waals surface area contributed by atoms with Crippen molar-refractivity contribution in [2.75, 3.05) is 28.2 Å². The molecular weight excluding hydrogens is 286 g/mol. The van der Waals surface area contributed by atoms with Crippen molar-refractivity contribution in [3.63, 3.8) is 0 Å². The summed E-state index contributed by atoms with van der Waals surface area (Å²) in [5.74, 6) is 2.93. The Labute approximate surface area is 141 Å². The molecule has 3 atom stereocenters. The molecule has 2 bridgehead atoms. The molecule has 0 saturated heterocycles. The summed E-state index contributed by atoms with van der Waals surface area (Å²) in [6, 6.07) is 5.02. The van der Waals surface area contributed by atoms with Crippen LogP contribution in [0.5, 0.6) is 0 Å². The number of hydrogen-bond acceptors (Lipinski definition) is 1. The first-order chi connectivity index (χ1) is 10.8. The molecule has 0 aliphatic heterocycles. The van der Waals surface area contributed by atoms with Gasteiger partial charge in [-0.3, -0.25) is 0 Å². The lowest BCUT2D eigenvalue weighted by molar-refractivity contribution is -1.12. The van der Waals surface area contributed by atoms with Crippen LogP contribution in [0.15, 0.2) is 12.1 Å². The second kappa shape index (κ2) is 6.23. The lowest BCUT2D eigenvalue weighted by atomic mass is 9.88. The van der Waals surface area contributed by atoms with E-state index in [0.29, 0.717) is 15.3 Å². The summed E-state index contributed by atoms with van der Waals surface area (Å²) >= 11 is 0. The van der Waals surface area contributed by atoms with Crippen LogP contribution in [-0.2, 0) is 11.4 Å². The molecule has 1 unspecified atom stereocenters. The van der Waals surface area contributed by atoms with E-state index in [-0.39, 0.29) is 0 Å². The predicted octanol–water partition coefficient (Wildman–Crippen LogP) is 4.04. The summed E-state index contributed by atoms with van der Waals surface area (Å²) in [4.78, 5) is 10.2. The highest BCUT2D eigenvalue weighted by molar-refractivity contribution is 5.33. The maximum Gasteiger partial charge on any atom is 0.242 e. The minimum atomic E-state index is 0.449. The Hall–Kier alpha value is -0.840. The number of fused-ring (bicyclic) bond motifs is 2. The smallest absolute Gasteiger partial charge is 0.242 e.